The van der Waals surface area contributed by atoms with Crippen LogP contribution in [0.1, 0.15) is 56.2 Å². The van der Waals surface area contributed by atoms with Gasteiger partial charge in [-0.3, -0.25) is 9.59 Å². The predicted molar refractivity (Wildman–Crippen MR) is 121 cm³/mol. The monoisotopic (exact) mass is 435 g/mol. The van der Waals surface area contributed by atoms with Gasteiger partial charge in [-0.15, -0.1) is 10.2 Å². The largest absolute Gasteiger partial charge is 0.463 e. The fraction of sp³-hybridized carbons (Fsp3) is 0.360. The second-order valence-corrected chi connectivity index (χ2v) is 7.99. The Kier molecular flexibility index (Phi) is 8.14. The Morgan fingerprint density at radius 1 is 1.03 bits per heavy atom. The summed E-state index contributed by atoms with van der Waals surface area (Å²) in [5, 5.41) is 11.1. The third kappa shape index (κ3) is 7.04. The highest BCUT2D eigenvalue weighted by molar-refractivity contribution is 5.78. The summed E-state index contributed by atoms with van der Waals surface area (Å²) in [5.41, 5.74) is 2.84. The first-order valence-corrected chi connectivity index (χ1v) is 10.8. The molecule has 168 valence electrons. The van der Waals surface area contributed by atoms with Gasteiger partial charge in [0.05, 0.1) is 18.6 Å². The van der Waals surface area contributed by atoms with E-state index in [9.17, 15) is 9.59 Å². The Balaban J connectivity index is 1.54. The zero-order chi connectivity index (χ0) is 22.9. The van der Waals surface area contributed by atoms with Gasteiger partial charge in [0.2, 0.25) is 17.7 Å². The van der Waals surface area contributed by atoms with Gasteiger partial charge in [0.1, 0.15) is 0 Å². The van der Waals surface area contributed by atoms with Crippen molar-refractivity contribution in [2.24, 2.45) is 0 Å². The molecule has 1 aromatic heterocycles. The van der Waals surface area contributed by atoms with Crippen LogP contribution in [0.2, 0.25) is 0 Å². The Labute approximate surface area is 188 Å². The van der Waals surface area contributed by atoms with E-state index < -0.39 is 6.04 Å². The van der Waals surface area contributed by atoms with Gasteiger partial charge in [0.15, 0.2) is 0 Å². The van der Waals surface area contributed by atoms with Crippen LogP contribution in [-0.4, -0.2) is 28.2 Å². The van der Waals surface area contributed by atoms with Gasteiger partial charge < -0.3 is 14.5 Å². The number of carbonyl (C=O) groups is 2. The maximum atomic E-state index is 12.6. The Morgan fingerprint density at radius 3 is 2.44 bits per heavy atom. The molecule has 1 atom stereocenters. The van der Waals surface area contributed by atoms with E-state index in [1.54, 1.807) is 13.8 Å². The minimum atomic E-state index is -0.442. The van der Waals surface area contributed by atoms with Crippen molar-refractivity contribution in [2.75, 3.05) is 0 Å². The van der Waals surface area contributed by atoms with Gasteiger partial charge in [-0.1, -0.05) is 48.0 Å². The molecule has 0 saturated carbocycles. The topological polar surface area (TPSA) is 94.3 Å². The molecule has 2 aromatic carbocycles. The molecule has 7 heteroatoms. The fourth-order valence-electron chi connectivity index (χ4n) is 3.25. The van der Waals surface area contributed by atoms with Crippen molar-refractivity contribution >= 4 is 11.9 Å². The highest BCUT2D eigenvalue weighted by Crippen LogP contribution is 2.20. The zero-order valence-electron chi connectivity index (χ0n) is 18.7. The first kappa shape index (κ1) is 23.2. The number of ether oxygens (including phenoxy) is 1. The minimum absolute atomic E-state index is 0.0804. The standard InChI is InChI=1S/C25H29N3O4/c1-17(2)31-24(30)16-21(19-14-12-18(3)13-15-19)26-22(29)10-7-11-23-27-28-25(32-23)20-8-5-4-6-9-20/h4-6,8-9,12-15,17,21H,7,10-11,16H2,1-3H3,(H,26,29). The molecule has 1 unspecified atom stereocenters. The fourth-order valence-corrected chi connectivity index (χ4v) is 3.25. The number of hydrogen-bond donors (Lipinski definition) is 1. The lowest BCUT2D eigenvalue weighted by molar-refractivity contribution is -0.148. The van der Waals surface area contributed by atoms with E-state index in [0.717, 1.165) is 16.7 Å². The normalized spacial score (nSPS) is 11.9. The molecule has 32 heavy (non-hydrogen) atoms. The number of rotatable bonds is 10. The van der Waals surface area contributed by atoms with E-state index in [-0.39, 0.29) is 30.8 Å². The lowest BCUT2D eigenvalue weighted by Gasteiger charge is -2.19. The van der Waals surface area contributed by atoms with Crippen LogP contribution in [0, 0.1) is 6.92 Å². The van der Waals surface area contributed by atoms with Crippen LogP contribution < -0.4 is 5.32 Å². The predicted octanol–water partition coefficient (Wildman–Crippen LogP) is 4.57. The number of nitrogens with zero attached hydrogens (tertiary/aromatic N) is 2. The van der Waals surface area contributed by atoms with Crippen LogP contribution >= 0.6 is 0 Å². The van der Waals surface area contributed by atoms with E-state index in [4.69, 9.17) is 9.15 Å². The number of carbonyl (C=O) groups excluding carboxylic acids is 2. The summed E-state index contributed by atoms with van der Waals surface area (Å²) in [4.78, 5) is 24.8. The first-order valence-electron chi connectivity index (χ1n) is 10.8. The number of amides is 1. The Morgan fingerprint density at radius 2 is 1.75 bits per heavy atom. The Bertz CT molecular complexity index is 1010. The molecule has 0 aliphatic heterocycles. The third-order valence-corrected chi connectivity index (χ3v) is 4.83. The van der Waals surface area contributed by atoms with Crippen molar-refractivity contribution in [1.29, 1.82) is 0 Å². The van der Waals surface area contributed by atoms with Crippen LogP contribution in [0.4, 0.5) is 0 Å². The van der Waals surface area contributed by atoms with Crippen molar-refractivity contribution in [3.63, 3.8) is 0 Å². The average molecular weight is 436 g/mol. The molecule has 7 nitrogen and oxygen atoms in total. The number of nitrogens with one attached hydrogen (secondary N) is 1. The SMILES string of the molecule is Cc1ccc(C(CC(=O)OC(C)C)NC(=O)CCCc2nnc(-c3ccccc3)o2)cc1. The highest BCUT2D eigenvalue weighted by atomic mass is 16.5. The van der Waals surface area contributed by atoms with E-state index in [0.29, 0.717) is 24.6 Å². The van der Waals surface area contributed by atoms with Crippen molar-refractivity contribution < 1.29 is 18.7 Å². The van der Waals surface area contributed by atoms with E-state index in [1.807, 2.05) is 61.5 Å². The van der Waals surface area contributed by atoms with Gasteiger partial charge in [0.25, 0.3) is 0 Å². The molecule has 0 saturated heterocycles. The molecule has 1 heterocycles. The van der Waals surface area contributed by atoms with Crippen molar-refractivity contribution in [1.82, 2.24) is 15.5 Å². The third-order valence-electron chi connectivity index (χ3n) is 4.83. The lowest BCUT2D eigenvalue weighted by atomic mass is 10.0. The van der Waals surface area contributed by atoms with Crippen molar-refractivity contribution in [3.8, 4) is 11.5 Å². The van der Waals surface area contributed by atoms with Gasteiger partial charge in [0, 0.05) is 18.4 Å². The molecular formula is C25H29N3O4. The second-order valence-electron chi connectivity index (χ2n) is 7.99. The van der Waals surface area contributed by atoms with Gasteiger partial charge in [-0.2, -0.15) is 0 Å². The molecule has 0 fully saturated rings. The van der Waals surface area contributed by atoms with Crippen LogP contribution in [0.15, 0.2) is 59.0 Å². The smallest absolute Gasteiger partial charge is 0.308 e. The van der Waals surface area contributed by atoms with Crippen LogP contribution in [0.25, 0.3) is 11.5 Å². The van der Waals surface area contributed by atoms with Gasteiger partial charge in [-0.05, 0) is 44.9 Å². The number of esters is 1. The second kappa shape index (κ2) is 11.2. The molecular weight excluding hydrogens is 406 g/mol. The summed E-state index contributed by atoms with van der Waals surface area (Å²) >= 11 is 0. The quantitative estimate of drug-likeness (QED) is 0.469. The molecule has 0 aliphatic carbocycles. The maximum absolute atomic E-state index is 12.6. The summed E-state index contributed by atoms with van der Waals surface area (Å²) < 4.78 is 11.0. The Hall–Kier alpha value is -3.48. The van der Waals surface area contributed by atoms with Gasteiger partial charge in [-0.25, -0.2) is 0 Å². The molecule has 1 amide bonds. The maximum Gasteiger partial charge on any atom is 0.308 e. The molecule has 0 radical (unpaired) electrons. The summed E-state index contributed by atoms with van der Waals surface area (Å²) in [5.74, 6) is 0.473. The van der Waals surface area contributed by atoms with Crippen molar-refractivity contribution in [3.05, 3.63) is 71.6 Å². The molecule has 3 aromatic rings. The van der Waals surface area contributed by atoms with Crippen LogP contribution in [0.3, 0.4) is 0 Å². The lowest BCUT2D eigenvalue weighted by Crippen LogP contribution is -2.31. The molecule has 0 aliphatic rings. The first-order chi connectivity index (χ1) is 15.4. The number of aromatic nitrogens is 2. The highest BCUT2D eigenvalue weighted by Gasteiger charge is 2.20. The van der Waals surface area contributed by atoms with E-state index in [1.165, 1.54) is 0 Å². The van der Waals surface area contributed by atoms with Crippen LogP contribution in [-0.2, 0) is 20.7 Å². The summed E-state index contributed by atoms with van der Waals surface area (Å²) in [7, 11) is 0. The zero-order valence-corrected chi connectivity index (χ0v) is 18.7. The average Bonchev–Trinajstić information content (AvgIpc) is 3.23. The molecule has 1 N–H and O–H groups in total. The van der Waals surface area contributed by atoms with Gasteiger partial charge >= 0.3 is 5.97 Å². The summed E-state index contributed by atoms with van der Waals surface area (Å²) in [6.07, 6.45) is 1.21. The molecule has 3 rings (SSSR count). The summed E-state index contributed by atoms with van der Waals surface area (Å²) in [6.45, 7) is 5.60. The van der Waals surface area contributed by atoms with E-state index in [2.05, 4.69) is 15.5 Å². The summed E-state index contributed by atoms with van der Waals surface area (Å²) in [6, 6.07) is 16.9. The van der Waals surface area contributed by atoms with Crippen molar-refractivity contribution in [2.45, 2.75) is 58.6 Å². The number of hydrogen-bond acceptors (Lipinski definition) is 6. The molecule has 0 spiro atoms. The number of benzene rings is 2. The number of aryl methyl sites for hydroxylation is 2. The van der Waals surface area contributed by atoms with E-state index >= 15 is 0 Å². The molecule has 0 bridgehead atoms. The van der Waals surface area contributed by atoms with Crippen LogP contribution in [0.5, 0.6) is 0 Å². The minimum Gasteiger partial charge on any atom is -0.463 e.